The Labute approximate surface area is 179 Å². The molecule has 0 aliphatic carbocycles. The number of ether oxygens (including phenoxy) is 1. The number of allylic oxidation sites excluding steroid dienone is 1. The van der Waals surface area contributed by atoms with Crippen LogP contribution in [-0.2, 0) is 16.1 Å². The lowest BCUT2D eigenvalue weighted by molar-refractivity contribution is -0.140. The van der Waals surface area contributed by atoms with Crippen LogP contribution in [0.1, 0.15) is 29.7 Å². The molecule has 7 heteroatoms. The molecule has 5 rings (SSSR count). The summed E-state index contributed by atoms with van der Waals surface area (Å²) in [5, 5.41) is 17.3. The van der Waals surface area contributed by atoms with E-state index in [9.17, 15) is 4.79 Å². The number of esters is 1. The maximum atomic E-state index is 13.3. The van der Waals surface area contributed by atoms with Crippen LogP contribution in [0.15, 0.2) is 78.0 Å². The number of aromatic nitrogens is 4. The molecule has 1 aromatic heterocycles. The van der Waals surface area contributed by atoms with Crippen LogP contribution in [-0.4, -0.2) is 26.2 Å². The maximum Gasteiger partial charge on any atom is 0.338 e. The van der Waals surface area contributed by atoms with E-state index in [0.717, 1.165) is 27.5 Å². The van der Waals surface area contributed by atoms with E-state index in [0.29, 0.717) is 17.2 Å². The van der Waals surface area contributed by atoms with Gasteiger partial charge in [-0.2, -0.15) is 4.68 Å². The van der Waals surface area contributed by atoms with E-state index in [4.69, 9.17) is 4.74 Å². The van der Waals surface area contributed by atoms with Gasteiger partial charge in [0.25, 0.3) is 0 Å². The molecule has 1 unspecified atom stereocenters. The number of carbonyl (C=O) groups excluding carboxylic acids is 1. The van der Waals surface area contributed by atoms with E-state index in [-0.39, 0.29) is 6.61 Å². The summed E-state index contributed by atoms with van der Waals surface area (Å²) in [7, 11) is 0. The maximum absolute atomic E-state index is 13.3. The Bertz CT molecular complexity index is 1300. The lowest BCUT2D eigenvalue weighted by Crippen LogP contribution is -2.29. The summed E-state index contributed by atoms with van der Waals surface area (Å²) >= 11 is 0. The van der Waals surface area contributed by atoms with Crippen LogP contribution in [0.2, 0.25) is 0 Å². The largest absolute Gasteiger partial charge is 0.457 e. The number of rotatable bonds is 4. The van der Waals surface area contributed by atoms with Crippen molar-refractivity contribution >= 4 is 22.7 Å². The zero-order valence-corrected chi connectivity index (χ0v) is 17.2. The number of benzene rings is 3. The monoisotopic (exact) mass is 411 g/mol. The molecule has 0 fully saturated rings. The summed E-state index contributed by atoms with van der Waals surface area (Å²) in [4.78, 5) is 13.3. The fraction of sp³-hybridized carbons (Fsp3) is 0.167. The fourth-order valence-corrected chi connectivity index (χ4v) is 3.96. The first-order valence-corrected chi connectivity index (χ1v) is 10.1. The number of anilines is 1. The average molecular weight is 411 g/mol. The predicted molar refractivity (Wildman–Crippen MR) is 117 cm³/mol. The van der Waals surface area contributed by atoms with E-state index < -0.39 is 12.0 Å². The van der Waals surface area contributed by atoms with Gasteiger partial charge in [0, 0.05) is 5.70 Å². The van der Waals surface area contributed by atoms with Crippen LogP contribution in [0.3, 0.4) is 0 Å². The molecule has 0 saturated carbocycles. The van der Waals surface area contributed by atoms with Crippen molar-refractivity contribution in [2.45, 2.75) is 26.5 Å². The van der Waals surface area contributed by atoms with Crippen molar-refractivity contribution in [2.24, 2.45) is 0 Å². The SMILES string of the molecule is CC1=C(C(=O)OCc2ccc(C)cc2)C(c2cccc3ccccc23)n2nnnc2N1. The Hall–Kier alpha value is -4.00. The van der Waals surface area contributed by atoms with Gasteiger partial charge in [0.1, 0.15) is 12.6 Å². The third-order valence-electron chi connectivity index (χ3n) is 5.54. The van der Waals surface area contributed by atoms with E-state index in [1.165, 1.54) is 0 Å². The van der Waals surface area contributed by atoms with Gasteiger partial charge in [-0.25, -0.2) is 4.79 Å². The molecule has 1 atom stereocenters. The second-order valence-corrected chi connectivity index (χ2v) is 7.64. The van der Waals surface area contributed by atoms with Crippen LogP contribution < -0.4 is 5.32 Å². The third kappa shape index (κ3) is 3.44. The van der Waals surface area contributed by atoms with E-state index in [1.54, 1.807) is 4.68 Å². The molecule has 2 heterocycles. The summed E-state index contributed by atoms with van der Waals surface area (Å²) in [6.07, 6.45) is 0. The highest BCUT2D eigenvalue weighted by molar-refractivity contribution is 5.95. The Balaban J connectivity index is 1.55. The summed E-state index contributed by atoms with van der Waals surface area (Å²) in [5.74, 6) is 0.0928. The lowest BCUT2D eigenvalue weighted by atomic mass is 9.91. The fourth-order valence-electron chi connectivity index (χ4n) is 3.96. The minimum atomic E-state index is -0.497. The number of nitrogens with one attached hydrogen (secondary N) is 1. The van der Waals surface area contributed by atoms with Gasteiger partial charge in [-0.1, -0.05) is 77.4 Å². The number of aryl methyl sites for hydroxylation is 1. The Morgan fingerprint density at radius 1 is 1.03 bits per heavy atom. The first kappa shape index (κ1) is 19.0. The Kier molecular flexibility index (Phi) is 4.71. The molecule has 1 aliphatic rings. The number of tetrazole rings is 1. The number of nitrogens with zero attached hydrogens (tertiary/aromatic N) is 4. The molecule has 1 N–H and O–H groups in total. The van der Waals surface area contributed by atoms with Crippen molar-refractivity contribution in [3.8, 4) is 0 Å². The van der Waals surface area contributed by atoms with E-state index in [1.807, 2.05) is 80.6 Å². The zero-order chi connectivity index (χ0) is 21.4. The molecular formula is C24H21N5O2. The smallest absolute Gasteiger partial charge is 0.338 e. The van der Waals surface area contributed by atoms with Gasteiger partial charge in [-0.05, 0) is 46.2 Å². The molecule has 0 spiro atoms. The Morgan fingerprint density at radius 2 is 1.81 bits per heavy atom. The van der Waals surface area contributed by atoms with Crippen molar-refractivity contribution in [2.75, 3.05) is 5.32 Å². The molecular weight excluding hydrogens is 390 g/mol. The quantitative estimate of drug-likeness (QED) is 0.508. The third-order valence-corrected chi connectivity index (χ3v) is 5.54. The second kappa shape index (κ2) is 7.68. The van der Waals surface area contributed by atoms with Gasteiger partial charge < -0.3 is 10.1 Å². The molecule has 154 valence electrons. The van der Waals surface area contributed by atoms with Gasteiger partial charge in [0.05, 0.1) is 5.57 Å². The number of carbonyl (C=O) groups is 1. The van der Waals surface area contributed by atoms with E-state index >= 15 is 0 Å². The van der Waals surface area contributed by atoms with Gasteiger partial charge in [-0.3, -0.25) is 0 Å². The molecule has 7 nitrogen and oxygen atoms in total. The summed E-state index contributed by atoms with van der Waals surface area (Å²) in [5.41, 5.74) is 4.20. The topological polar surface area (TPSA) is 81.9 Å². The highest BCUT2D eigenvalue weighted by Crippen LogP contribution is 2.38. The van der Waals surface area contributed by atoms with Gasteiger partial charge >= 0.3 is 5.97 Å². The highest BCUT2D eigenvalue weighted by atomic mass is 16.5. The minimum Gasteiger partial charge on any atom is -0.457 e. The van der Waals surface area contributed by atoms with Crippen LogP contribution >= 0.6 is 0 Å². The molecule has 1 aliphatic heterocycles. The first-order chi connectivity index (χ1) is 15.1. The zero-order valence-electron chi connectivity index (χ0n) is 17.2. The first-order valence-electron chi connectivity index (χ1n) is 10.1. The predicted octanol–water partition coefficient (Wildman–Crippen LogP) is 4.17. The normalized spacial score (nSPS) is 15.5. The standard InChI is InChI=1S/C24H21N5O2/c1-15-10-12-17(13-11-15)14-31-23(30)21-16(2)25-24-26-27-28-29(24)22(21)20-9-5-7-18-6-3-4-8-19(18)20/h3-13,22H,14H2,1-2H3,(H,25,26,28). The summed E-state index contributed by atoms with van der Waals surface area (Å²) < 4.78 is 7.35. The minimum absolute atomic E-state index is 0.195. The van der Waals surface area contributed by atoms with Gasteiger partial charge in [-0.15, -0.1) is 0 Å². The van der Waals surface area contributed by atoms with Crippen molar-refractivity contribution in [1.29, 1.82) is 0 Å². The van der Waals surface area contributed by atoms with Crippen molar-refractivity contribution in [1.82, 2.24) is 20.2 Å². The van der Waals surface area contributed by atoms with Crippen LogP contribution in [0, 0.1) is 6.92 Å². The van der Waals surface area contributed by atoms with Crippen molar-refractivity contribution < 1.29 is 9.53 Å². The molecule has 31 heavy (non-hydrogen) atoms. The number of fused-ring (bicyclic) bond motifs is 2. The second-order valence-electron chi connectivity index (χ2n) is 7.64. The van der Waals surface area contributed by atoms with Crippen LogP contribution in [0.4, 0.5) is 5.95 Å². The van der Waals surface area contributed by atoms with Crippen LogP contribution in [0.25, 0.3) is 10.8 Å². The van der Waals surface area contributed by atoms with Gasteiger partial charge in [0.2, 0.25) is 5.95 Å². The Morgan fingerprint density at radius 3 is 2.65 bits per heavy atom. The molecule has 3 aromatic carbocycles. The highest BCUT2D eigenvalue weighted by Gasteiger charge is 2.35. The number of hydrogen-bond donors (Lipinski definition) is 1. The average Bonchev–Trinajstić information content (AvgIpc) is 3.25. The molecule has 0 amide bonds. The van der Waals surface area contributed by atoms with Crippen molar-refractivity contribution in [3.05, 3.63) is 94.7 Å². The summed E-state index contributed by atoms with van der Waals surface area (Å²) in [6, 6.07) is 21.5. The van der Waals surface area contributed by atoms with E-state index in [2.05, 4.69) is 20.8 Å². The number of hydrogen-bond acceptors (Lipinski definition) is 6. The molecule has 4 aromatic rings. The van der Waals surface area contributed by atoms with Crippen LogP contribution in [0.5, 0.6) is 0 Å². The molecule has 0 saturated heterocycles. The lowest BCUT2D eigenvalue weighted by Gasteiger charge is -2.28. The molecule has 0 bridgehead atoms. The summed E-state index contributed by atoms with van der Waals surface area (Å²) in [6.45, 7) is 4.07. The van der Waals surface area contributed by atoms with Crippen molar-refractivity contribution in [3.63, 3.8) is 0 Å². The molecule has 0 radical (unpaired) electrons. The van der Waals surface area contributed by atoms with Gasteiger partial charge in [0.15, 0.2) is 0 Å².